The first kappa shape index (κ1) is 14.0. The molecule has 100 valence electrons. The molecule has 0 radical (unpaired) electrons. The van der Waals surface area contributed by atoms with Crippen molar-refractivity contribution >= 4 is 44.6 Å². The molecule has 0 atom stereocenters. The van der Waals surface area contributed by atoms with E-state index in [1.165, 1.54) is 30.3 Å². The minimum absolute atomic E-state index is 0.0768. The average molecular weight is 317 g/mol. The summed E-state index contributed by atoms with van der Waals surface area (Å²) in [7, 11) is -3.70. The third-order valence-corrected chi connectivity index (χ3v) is 4.30. The first-order valence-corrected chi connectivity index (χ1v) is 7.46. The van der Waals surface area contributed by atoms with Gasteiger partial charge in [-0.2, -0.15) is 0 Å². The van der Waals surface area contributed by atoms with Crippen LogP contribution in [0.25, 0.3) is 0 Å². The van der Waals surface area contributed by atoms with E-state index in [-0.39, 0.29) is 9.92 Å². The van der Waals surface area contributed by atoms with Crippen LogP contribution in [0, 0.1) is 0 Å². The molecule has 0 amide bonds. The predicted octanol–water partition coefficient (Wildman–Crippen LogP) is 3.38. The van der Waals surface area contributed by atoms with Gasteiger partial charge in [0.1, 0.15) is 0 Å². The topological polar surface area (TPSA) is 72.2 Å². The van der Waals surface area contributed by atoms with Gasteiger partial charge in [-0.15, -0.1) is 0 Å². The van der Waals surface area contributed by atoms with Gasteiger partial charge in [0.25, 0.3) is 10.0 Å². The lowest BCUT2D eigenvalue weighted by atomic mass is 10.3. The van der Waals surface area contributed by atoms with Crippen LogP contribution in [0.3, 0.4) is 0 Å². The number of hydrogen-bond donors (Lipinski definition) is 2. The number of rotatable bonds is 3. The van der Waals surface area contributed by atoms with Crippen molar-refractivity contribution in [3.8, 4) is 0 Å². The molecular weight excluding hydrogens is 307 g/mol. The highest BCUT2D eigenvalue weighted by molar-refractivity contribution is 7.92. The lowest BCUT2D eigenvalue weighted by Gasteiger charge is -2.09. The number of hydrogen-bond acceptors (Lipinski definition) is 3. The Hall–Kier alpha value is -1.43. The van der Waals surface area contributed by atoms with Crippen LogP contribution in [0.5, 0.6) is 0 Å². The second-order valence-corrected chi connectivity index (χ2v) is 6.33. The molecule has 0 aliphatic rings. The minimum Gasteiger partial charge on any atom is -0.398 e. The number of nitrogen functional groups attached to an aromatic ring is 1. The van der Waals surface area contributed by atoms with Gasteiger partial charge in [-0.05, 0) is 36.4 Å². The van der Waals surface area contributed by atoms with Crippen LogP contribution in [-0.4, -0.2) is 8.42 Å². The van der Waals surface area contributed by atoms with E-state index in [9.17, 15) is 8.42 Å². The normalized spacial score (nSPS) is 11.3. The molecule has 19 heavy (non-hydrogen) atoms. The number of halogens is 2. The first-order chi connectivity index (χ1) is 8.88. The summed E-state index contributed by atoms with van der Waals surface area (Å²) in [6.07, 6.45) is 0. The van der Waals surface area contributed by atoms with Crippen LogP contribution in [0.15, 0.2) is 47.4 Å². The molecule has 0 aromatic heterocycles. The van der Waals surface area contributed by atoms with Crippen LogP contribution in [-0.2, 0) is 10.0 Å². The van der Waals surface area contributed by atoms with E-state index in [2.05, 4.69) is 4.72 Å². The van der Waals surface area contributed by atoms with Gasteiger partial charge in [-0.3, -0.25) is 4.72 Å². The summed E-state index contributed by atoms with van der Waals surface area (Å²) in [4.78, 5) is 0.0768. The van der Waals surface area contributed by atoms with E-state index in [1.807, 2.05) is 0 Å². The Balaban J connectivity index is 2.33. The summed E-state index contributed by atoms with van der Waals surface area (Å²) in [5, 5.41) is 0.629. The summed E-state index contributed by atoms with van der Waals surface area (Å²) in [5.41, 5.74) is 6.27. The molecular formula is C12H10Cl2N2O2S. The molecule has 0 spiro atoms. The maximum atomic E-state index is 12.1. The second-order valence-electron chi connectivity index (χ2n) is 3.80. The fraction of sp³-hybridized carbons (Fsp3) is 0. The van der Waals surface area contributed by atoms with E-state index < -0.39 is 10.0 Å². The Bertz CT molecular complexity index is 717. The zero-order valence-electron chi connectivity index (χ0n) is 9.60. The van der Waals surface area contributed by atoms with Crippen molar-refractivity contribution in [1.29, 1.82) is 0 Å². The molecule has 0 aliphatic heterocycles. The van der Waals surface area contributed by atoms with Crippen molar-refractivity contribution in [2.24, 2.45) is 0 Å². The van der Waals surface area contributed by atoms with Crippen LogP contribution in [0.4, 0.5) is 11.4 Å². The summed E-state index contributed by atoms with van der Waals surface area (Å²) in [5.74, 6) is 0. The second kappa shape index (κ2) is 5.28. The van der Waals surface area contributed by atoms with Gasteiger partial charge >= 0.3 is 0 Å². The first-order valence-electron chi connectivity index (χ1n) is 5.22. The Morgan fingerprint density at radius 1 is 1.05 bits per heavy atom. The molecule has 0 saturated carbocycles. The molecule has 2 aromatic carbocycles. The maximum absolute atomic E-state index is 12.1. The molecule has 0 unspecified atom stereocenters. The predicted molar refractivity (Wildman–Crippen MR) is 78.1 cm³/mol. The van der Waals surface area contributed by atoms with Crippen LogP contribution >= 0.6 is 23.2 Å². The molecule has 2 rings (SSSR count). The van der Waals surface area contributed by atoms with Crippen molar-refractivity contribution in [1.82, 2.24) is 0 Å². The monoisotopic (exact) mass is 316 g/mol. The Morgan fingerprint density at radius 2 is 1.79 bits per heavy atom. The van der Waals surface area contributed by atoms with Crippen molar-refractivity contribution in [2.75, 3.05) is 10.5 Å². The zero-order chi connectivity index (χ0) is 14.0. The van der Waals surface area contributed by atoms with Crippen molar-refractivity contribution in [3.05, 3.63) is 52.5 Å². The van der Waals surface area contributed by atoms with E-state index in [4.69, 9.17) is 28.9 Å². The summed E-state index contributed by atoms with van der Waals surface area (Å²) < 4.78 is 26.6. The zero-order valence-corrected chi connectivity index (χ0v) is 11.9. The average Bonchev–Trinajstić information content (AvgIpc) is 2.33. The standard InChI is InChI=1S/C12H10Cl2N2O2S/c13-8-2-1-3-10(6-8)19(17,18)16-9-4-5-12(15)11(14)7-9/h1-7,16H,15H2. The molecule has 2 aromatic rings. The van der Waals surface area contributed by atoms with Crippen molar-refractivity contribution in [2.45, 2.75) is 4.90 Å². The van der Waals surface area contributed by atoms with Gasteiger partial charge in [0.15, 0.2) is 0 Å². The Kier molecular flexibility index (Phi) is 3.89. The molecule has 0 bridgehead atoms. The highest BCUT2D eigenvalue weighted by Gasteiger charge is 2.14. The van der Waals surface area contributed by atoms with Crippen LogP contribution < -0.4 is 10.5 Å². The largest absolute Gasteiger partial charge is 0.398 e. The SMILES string of the molecule is Nc1ccc(NS(=O)(=O)c2cccc(Cl)c2)cc1Cl. The molecule has 0 aliphatic carbocycles. The van der Waals surface area contributed by atoms with Crippen LogP contribution in [0.2, 0.25) is 10.0 Å². The molecule has 3 N–H and O–H groups in total. The Labute approximate surface area is 121 Å². The van der Waals surface area contributed by atoms with Gasteiger partial charge in [-0.25, -0.2) is 8.42 Å². The third kappa shape index (κ3) is 3.32. The number of nitrogens with one attached hydrogen (secondary N) is 1. The molecule has 0 saturated heterocycles. The number of sulfonamides is 1. The summed E-state index contributed by atoms with van der Waals surface area (Å²) >= 11 is 11.6. The van der Waals surface area contributed by atoms with Crippen molar-refractivity contribution in [3.63, 3.8) is 0 Å². The highest BCUT2D eigenvalue weighted by Crippen LogP contribution is 2.25. The van der Waals surface area contributed by atoms with E-state index in [0.29, 0.717) is 16.4 Å². The van der Waals surface area contributed by atoms with E-state index >= 15 is 0 Å². The number of anilines is 2. The van der Waals surface area contributed by atoms with Gasteiger partial charge in [-0.1, -0.05) is 29.3 Å². The smallest absolute Gasteiger partial charge is 0.261 e. The maximum Gasteiger partial charge on any atom is 0.261 e. The lowest BCUT2D eigenvalue weighted by molar-refractivity contribution is 0.601. The molecule has 0 heterocycles. The van der Waals surface area contributed by atoms with E-state index in [1.54, 1.807) is 12.1 Å². The quantitative estimate of drug-likeness (QED) is 0.853. The highest BCUT2D eigenvalue weighted by atomic mass is 35.5. The molecule has 7 heteroatoms. The van der Waals surface area contributed by atoms with Crippen molar-refractivity contribution < 1.29 is 8.42 Å². The summed E-state index contributed by atoms with van der Waals surface area (Å²) in [6.45, 7) is 0. The molecule has 4 nitrogen and oxygen atoms in total. The van der Waals surface area contributed by atoms with Gasteiger partial charge in [0.05, 0.1) is 21.3 Å². The van der Waals surface area contributed by atoms with Gasteiger partial charge < -0.3 is 5.73 Å². The van der Waals surface area contributed by atoms with E-state index in [0.717, 1.165) is 0 Å². The van der Waals surface area contributed by atoms with Gasteiger partial charge in [0.2, 0.25) is 0 Å². The third-order valence-electron chi connectivity index (χ3n) is 2.36. The number of nitrogens with two attached hydrogens (primary N) is 1. The summed E-state index contributed by atoms with van der Waals surface area (Å²) in [6, 6.07) is 10.5. The van der Waals surface area contributed by atoms with Gasteiger partial charge in [0, 0.05) is 5.02 Å². The molecule has 0 fully saturated rings. The Morgan fingerprint density at radius 3 is 2.42 bits per heavy atom. The minimum atomic E-state index is -3.70. The number of benzene rings is 2. The fourth-order valence-electron chi connectivity index (χ4n) is 1.44. The lowest BCUT2D eigenvalue weighted by Crippen LogP contribution is -2.12. The fourth-order valence-corrected chi connectivity index (χ4v) is 2.97. The van der Waals surface area contributed by atoms with Crippen LogP contribution in [0.1, 0.15) is 0 Å².